The minimum atomic E-state index is -0.0944. The van der Waals surface area contributed by atoms with E-state index in [0.29, 0.717) is 42.3 Å². The fourth-order valence-corrected chi connectivity index (χ4v) is 5.62. The smallest absolute Gasteiger partial charge is 0.305 e. The highest BCUT2D eigenvalue weighted by molar-refractivity contribution is 5.69. The second-order valence-corrected chi connectivity index (χ2v) is 10.5. The van der Waals surface area contributed by atoms with Gasteiger partial charge in [0.15, 0.2) is 0 Å². The van der Waals surface area contributed by atoms with Gasteiger partial charge in [-0.25, -0.2) is 0 Å². The SMILES string of the molecule is COC(=O)CC1CCC(c2ccc(C)cc2)CC1.COC(=O)CC1CCC(c2ccc(O)cc2)CC1. The Bertz CT molecular complexity index is 854. The molecule has 196 valence electrons. The van der Waals surface area contributed by atoms with Crippen molar-refractivity contribution < 1.29 is 24.2 Å². The van der Waals surface area contributed by atoms with Crippen molar-refractivity contribution in [1.29, 1.82) is 0 Å². The van der Waals surface area contributed by atoms with E-state index in [-0.39, 0.29) is 11.9 Å². The van der Waals surface area contributed by atoms with Gasteiger partial charge in [-0.15, -0.1) is 0 Å². The highest BCUT2D eigenvalue weighted by Crippen LogP contribution is 2.38. The van der Waals surface area contributed by atoms with Gasteiger partial charge in [-0.1, -0.05) is 42.0 Å². The normalized spacial score (nSPS) is 23.6. The maximum Gasteiger partial charge on any atom is 0.305 e. The second-order valence-electron chi connectivity index (χ2n) is 10.5. The molecule has 5 heteroatoms. The van der Waals surface area contributed by atoms with Crippen LogP contribution in [0.3, 0.4) is 0 Å². The molecule has 0 aliphatic heterocycles. The monoisotopic (exact) mass is 494 g/mol. The number of phenolic OH excluding ortho intramolecular Hbond substituents is 1. The Morgan fingerprint density at radius 2 is 1.03 bits per heavy atom. The van der Waals surface area contributed by atoms with Gasteiger partial charge in [0.05, 0.1) is 14.2 Å². The molecule has 5 nitrogen and oxygen atoms in total. The van der Waals surface area contributed by atoms with Gasteiger partial charge in [0.2, 0.25) is 0 Å². The van der Waals surface area contributed by atoms with E-state index in [2.05, 4.69) is 31.2 Å². The van der Waals surface area contributed by atoms with Crippen LogP contribution in [-0.2, 0) is 19.1 Å². The number of hydrogen-bond donors (Lipinski definition) is 1. The first-order valence-electron chi connectivity index (χ1n) is 13.4. The molecule has 1 N–H and O–H groups in total. The summed E-state index contributed by atoms with van der Waals surface area (Å²) in [4.78, 5) is 22.5. The predicted octanol–water partition coefficient (Wildman–Crippen LogP) is 7.06. The summed E-state index contributed by atoms with van der Waals surface area (Å²) in [6.45, 7) is 2.12. The summed E-state index contributed by atoms with van der Waals surface area (Å²) in [7, 11) is 2.92. The minimum Gasteiger partial charge on any atom is -0.508 e. The van der Waals surface area contributed by atoms with Crippen molar-refractivity contribution in [3.8, 4) is 5.75 Å². The Morgan fingerprint density at radius 1 is 0.667 bits per heavy atom. The third-order valence-corrected chi connectivity index (χ3v) is 7.97. The van der Waals surface area contributed by atoms with Crippen LogP contribution in [0.15, 0.2) is 48.5 Å². The van der Waals surface area contributed by atoms with Crippen LogP contribution in [0, 0.1) is 18.8 Å². The Balaban J connectivity index is 0.000000201. The molecule has 0 atom stereocenters. The van der Waals surface area contributed by atoms with Gasteiger partial charge in [-0.3, -0.25) is 9.59 Å². The Hall–Kier alpha value is -2.82. The van der Waals surface area contributed by atoms with Crippen molar-refractivity contribution in [1.82, 2.24) is 0 Å². The van der Waals surface area contributed by atoms with E-state index in [1.54, 1.807) is 12.1 Å². The quantitative estimate of drug-likeness (QED) is 0.435. The summed E-state index contributed by atoms with van der Waals surface area (Å²) < 4.78 is 9.45. The molecule has 2 saturated carbocycles. The number of carbonyl (C=O) groups excluding carboxylic acids is 2. The molecule has 36 heavy (non-hydrogen) atoms. The van der Waals surface area contributed by atoms with Gasteiger partial charge < -0.3 is 14.6 Å². The number of aromatic hydroxyl groups is 1. The van der Waals surface area contributed by atoms with E-state index in [0.717, 1.165) is 38.5 Å². The molecule has 2 fully saturated rings. The van der Waals surface area contributed by atoms with Crippen LogP contribution in [-0.4, -0.2) is 31.3 Å². The van der Waals surface area contributed by atoms with Crippen LogP contribution in [0.2, 0.25) is 0 Å². The second kappa shape index (κ2) is 14.1. The number of esters is 2. The van der Waals surface area contributed by atoms with E-state index < -0.39 is 0 Å². The third kappa shape index (κ3) is 8.69. The standard InChI is InChI=1S/C16H22O2.C15H20O3/c1-12-3-7-14(8-4-12)15-9-5-13(6-10-15)11-16(17)18-2;1-18-15(17)10-11-2-4-12(5-3-11)13-6-8-14(16)9-7-13/h3-4,7-8,13,15H,5-6,9-11H2,1-2H3;6-9,11-12,16H,2-5,10H2,1H3. The van der Waals surface area contributed by atoms with Gasteiger partial charge in [-0.2, -0.15) is 0 Å². The molecule has 0 aromatic heterocycles. The molecule has 0 unspecified atom stereocenters. The number of phenols is 1. The lowest BCUT2D eigenvalue weighted by Gasteiger charge is -2.28. The number of rotatable bonds is 6. The van der Waals surface area contributed by atoms with Gasteiger partial charge in [-0.05, 0) is 105 Å². The van der Waals surface area contributed by atoms with Crippen molar-refractivity contribution in [3.05, 3.63) is 65.2 Å². The highest BCUT2D eigenvalue weighted by atomic mass is 16.5. The molecule has 2 aromatic carbocycles. The Morgan fingerprint density at radius 3 is 1.39 bits per heavy atom. The number of aryl methyl sites for hydroxylation is 1. The summed E-state index contributed by atoms with van der Waals surface area (Å²) >= 11 is 0. The fraction of sp³-hybridized carbons (Fsp3) is 0.548. The first kappa shape index (κ1) is 27.8. The summed E-state index contributed by atoms with van der Waals surface area (Å²) in [5, 5.41) is 9.27. The van der Waals surface area contributed by atoms with E-state index in [4.69, 9.17) is 9.47 Å². The van der Waals surface area contributed by atoms with Gasteiger partial charge in [0, 0.05) is 12.8 Å². The maximum absolute atomic E-state index is 11.2. The summed E-state index contributed by atoms with van der Waals surface area (Å²) in [5.74, 6) is 2.42. The van der Waals surface area contributed by atoms with Crippen LogP contribution < -0.4 is 0 Å². The van der Waals surface area contributed by atoms with Gasteiger partial charge in [0.1, 0.15) is 5.75 Å². The molecule has 0 spiro atoms. The summed E-state index contributed by atoms with van der Waals surface area (Å²) in [5.41, 5.74) is 4.07. The van der Waals surface area contributed by atoms with Gasteiger partial charge >= 0.3 is 11.9 Å². The number of benzene rings is 2. The van der Waals surface area contributed by atoms with Crippen molar-refractivity contribution in [2.75, 3.05) is 14.2 Å². The first-order chi connectivity index (χ1) is 17.4. The Labute approximate surface area is 216 Å². The molecule has 0 saturated heterocycles. The average molecular weight is 495 g/mol. The van der Waals surface area contributed by atoms with Crippen LogP contribution >= 0.6 is 0 Å². The number of methoxy groups -OCH3 is 2. The highest BCUT2D eigenvalue weighted by Gasteiger charge is 2.25. The van der Waals surface area contributed by atoms with Crippen LogP contribution in [0.4, 0.5) is 0 Å². The zero-order valence-electron chi connectivity index (χ0n) is 22.1. The molecule has 0 bridgehead atoms. The van der Waals surface area contributed by atoms with E-state index in [1.807, 2.05) is 12.1 Å². The molecule has 0 amide bonds. The molecular formula is C31H42O5. The predicted molar refractivity (Wildman–Crippen MR) is 142 cm³/mol. The van der Waals surface area contributed by atoms with Crippen molar-refractivity contribution >= 4 is 11.9 Å². The summed E-state index contributed by atoms with van der Waals surface area (Å²) in [6, 6.07) is 16.4. The van der Waals surface area contributed by atoms with Crippen molar-refractivity contribution in [2.24, 2.45) is 11.8 Å². The molecule has 2 aromatic rings. The van der Waals surface area contributed by atoms with E-state index >= 15 is 0 Å². The lowest BCUT2D eigenvalue weighted by molar-refractivity contribution is -0.142. The first-order valence-corrected chi connectivity index (χ1v) is 13.4. The zero-order chi connectivity index (χ0) is 25.9. The van der Waals surface area contributed by atoms with E-state index in [1.165, 1.54) is 43.8 Å². The Kier molecular flexibility index (Phi) is 10.8. The number of hydrogen-bond acceptors (Lipinski definition) is 5. The van der Waals surface area contributed by atoms with Crippen LogP contribution in [0.5, 0.6) is 5.75 Å². The van der Waals surface area contributed by atoms with E-state index in [9.17, 15) is 14.7 Å². The molecule has 2 aliphatic carbocycles. The number of carbonyl (C=O) groups is 2. The van der Waals surface area contributed by atoms with Crippen molar-refractivity contribution in [3.63, 3.8) is 0 Å². The number of ether oxygens (including phenoxy) is 2. The lowest BCUT2D eigenvalue weighted by atomic mass is 9.77. The molecule has 0 heterocycles. The fourth-order valence-electron chi connectivity index (χ4n) is 5.62. The molecule has 2 aliphatic rings. The molecular weight excluding hydrogens is 452 g/mol. The maximum atomic E-state index is 11.2. The topological polar surface area (TPSA) is 72.8 Å². The molecule has 4 rings (SSSR count). The van der Waals surface area contributed by atoms with Crippen LogP contribution in [0.1, 0.15) is 92.7 Å². The van der Waals surface area contributed by atoms with Gasteiger partial charge in [0.25, 0.3) is 0 Å². The third-order valence-electron chi connectivity index (χ3n) is 7.97. The largest absolute Gasteiger partial charge is 0.508 e. The zero-order valence-corrected chi connectivity index (χ0v) is 22.1. The molecule has 0 radical (unpaired) electrons. The van der Waals surface area contributed by atoms with Crippen LogP contribution in [0.25, 0.3) is 0 Å². The average Bonchev–Trinajstić information content (AvgIpc) is 2.91. The summed E-state index contributed by atoms with van der Waals surface area (Å²) in [6.07, 6.45) is 10.2. The van der Waals surface area contributed by atoms with Crippen molar-refractivity contribution in [2.45, 2.75) is 83.0 Å². The minimum absolute atomic E-state index is 0.0613. The lowest BCUT2D eigenvalue weighted by Crippen LogP contribution is -2.17.